The van der Waals surface area contributed by atoms with Gasteiger partial charge in [-0.2, -0.15) is 0 Å². The van der Waals surface area contributed by atoms with Crippen LogP contribution in [-0.2, 0) is 11.3 Å². The monoisotopic (exact) mass is 363 g/mol. The van der Waals surface area contributed by atoms with Crippen LogP contribution < -0.4 is 4.74 Å². The molecule has 27 heavy (non-hydrogen) atoms. The SMILES string of the molecule is CCOC(=O)c1nnn(Cc2ccccc2)c1/C=C/c1cccc(OC)c1. The number of nitrogens with zero attached hydrogens (tertiary/aromatic N) is 3. The Balaban J connectivity index is 1.95. The van der Waals surface area contributed by atoms with Crippen molar-refractivity contribution in [2.75, 3.05) is 13.7 Å². The summed E-state index contributed by atoms with van der Waals surface area (Å²) in [6, 6.07) is 17.5. The molecule has 0 saturated heterocycles. The third-order valence-electron chi connectivity index (χ3n) is 3.94. The van der Waals surface area contributed by atoms with Crippen molar-refractivity contribution in [3.63, 3.8) is 0 Å². The zero-order valence-electron chi connectivity index (χ0n) is 15.3. The van der Waals surface area contributed by atoms with Crippen LogP contribution in [0.2, 0.25) is 0 Å². The van der Waals surface area contributed by atoms with Crippen LogP contribution in [0, 0.1) is 0 Å². The van der Waals surface area contributed by atoms with Crippen LogP contribution in [0.4, 0.5) is 0 Å². The molecule has 1 heterocycles. The zero-order chi connectivity index (χ0) is 19.1. The minimum absolute atomic E-state index is 0.201. The fraction of sp³-hybridized carbons (Fsp3) is 0.190. The van der Waals surface area contributed by atoms with Gasteiger partial charge in [-0.3, -0.25) is 0 Å². The Labute approximate surface area is 158 Å². The van der Waals surface area contributed by atoms with Gasteiger partial charge in [0.05, 0.1) is 26.0 Å². The molecule has 0 N–H and O–H groups in total. The van der Waals surface area contributed by atoms with Crippen molar-refractivity contribution < 1.29 is 14.3 Å². The largest absolute Gasteiger partial charge is 0.497 e. The number of aromatic nitrogens is 3. The minimum Gasteiger partial charge on any atom is -0.497 e. The van der Waals surface area contributed by atoms with E-state index in [0.29, 0.717) is 12.2 Å². The first-order valence-electron chi connectivity index (χ1n) is 8.68. The van der Waals surface area contributed by atoms with E-state index < -0.39 is 5.97 Å². The van der Waals surface area contributed by atoms with Gasteiger partial charge in [0.1, 0.15) is 5.75 Å². The fourth-order valence-electron chi connectivity index (χ4n) is 2.62. The summed E-state index contributed by atoms with van der Waals surface area (Å²) in [4.78, 5) is 12.3. The number of ether oxygens (including phenoxy) is 2. The molecule has 2 aromatic carbocycles. The molecule has 0 radical (unpaired) electrons. The second-order valence-electron chi connectivity index (χ2n) is 5.80. The zero-order valence-corrected chi connectivity index (χ0v) is 15.3. The van der Waals surface area contributed by atoms with Gasteiger partial charge in [-0.25, -0.2) is 9.48 Å². The lowest BCUT2D eigenvalue weighted by Gasteiger charge is -2.05. The molecule has 0 aliphatic heterocycles. The predicted molar refractivity (Wildman–Crippen MR) is 103 cm³/mol. The molecule has 0 aliphatic carbocycles. The van der Waals surface area contributed by atoms with Crippen LogP contribution in [0.1, 0.15) is 34.2 Å². The lowest BCUT2D eigenvalue weighted by atomic mass is 10.1. The van der Waals surface area contributed by atoms with Gasteiger partial charge in [0.25, 0.3) is 0 Å². The predicted octanol–water partition coefficient (Wildman–Crippen LogP) is 3.68. The van der Waals surface area contributed by atoms with Crippen LogP contribution in [0.15, 0.2) is 54.6 Å². The molecule has 3 aromatic rings. The van der Waals surface area contributed by atoms with Crippen LogP contribution in [0.25, 0.3) is 12.2 Å². The number of benzene rings is 2. The smallest absolute Gasteiger partial charge is 0.361 e. The molecule has 138 valence electrons. The molecular formula is C21H21N3O3. The van der Waals surface area contributed by atoms with E-state index in [1.54, 1.807) is 18.7 Å². The van der Waals surface area contributed by atoms with Crippen molar-refractivity contribution in [1.29, 1.82) is 0 Å². The van der Waals surface area contributed by atoms with E-state index >= 15 is 0 Å². The third-order valence-corrected chi connectivity index (χ3v) is 3.94. The molecule has 0 amide bonds. The first-order valence-corrected chi connectivity index (χ1v) is 8.68. The van der Waals surface area contributed by atoms with Crippen LogP contribution >= 0.6 is 0 Å². The highest BCUT2D eigenvalue weighted by Crippen LogP contribution is 2.17. The highest BCUT2D eigenvalue weighted by atomic mass is 16.5. The Hall–Kier alpha value is -3.41. The van der Waals surface area contributed by atoms with Gasteiger partial charge in [0.15, 0.2) is 5.69 Å². The Morgan fingerprint density at radius 2 is 1.93 bits per heavy atom. The molecule has 0 saturated carbocycles. The summed E-state index contributed by atoms with van der Waals surface area (Å²) in [6.45, 7) is 2.55. The molecule has 0 aliphatic rings. The summed E-state index contributed by atoms with van der Waals surface area (Å²) in [5.74, 6) is 0.279. The third kappa shape index (κ3) is 4.61. The number of hydrogen-bond donors (Lipinski definition) is 0. The molecule has 0 fully saturated rings. The number of carbonyl (C=O) groups is 1. The average Bonchev–Trinajstić information content (AvgIpc) is 3.10. The van der Waals surface area contributed by atoms with Crippen molar-refractivity contribution in [2.45, 2.75) is 13.5 Å². The molecule has 0 bridgehead atoms. The first kappa shape index (κ1) is 18.4. The number of esters is 1. The second-order valence-corrected chi connectivity index (χ2v) is 5.80. The lowest BCUT2D eigenvalue weighted by molar-refractivity contribution is 0.0519. The van der Waals surface area contributed by atoms with E-state index in [9.17, 15) is 4.79 Å². The lowest BCUT2D eigenvalue weighted by Crippen LogP contribution is -2.09. The van der Waals surface area contributed by atoms with Crippen LogP contribution in [0.3, 0.4) is 0 Å². The summed E-state index contributed by atoms with van der Waals surface area (Å²) in [6.07, 6.45) is 3.72. The summed E-state index contributed by atoms with van der Waals surface area (Å²) >= 11 is 0. The quantitative estimate of drug-likeness (QED) is 0.599. The number of rotatable bonds is 7. The van der Waals surface area contributed by atoms with Crippen LogP contribution in [0.5, 0.6) is 5.75 Å². The highest BCUT2D eigenvalue weighted by molar-refractivity contribution is 5.92. The van der Waals surface area contributed by atoms with Gasteiger partial charge in [-0.15, -0.1) is 5.10 Å². The van der Waals surface area contributed by atoms with Crippen molar-refractivity contribution in [2.24, 2.45) is 0 Å². The number of carbonyl (C=O) groups excluding carboxylic acids is 1. The molecule has 6 heteroatoms. The molecular weight excluding hydrogens is 342 g/mol. The first-order chi connectivity index (χ1) is 13.2. The van der Waals surface area contributed by atoms with E-state index in [2.05, 4.69) is 10.3 Å². The Morgan fingerprint density at radius 3 is 2.67 bits per heavy atom. The van der Waals surface area contributed by atoms with Gasteiger partial charge >= 0.3 is 5.97 Å². The van der Waals surface area contributed by atoms with Gasteiger partial charge in [0.2, 0.25) is 0 Å². The average molecular weight is 363 g/mol. The van der Waals surface area contributed by atoms with Gasteiger partial charge < -0.3 is 9.47 Å². The minimum atomic E-state index is -0.484. The van der Waals surface area contributed by atoms with E-state index in [1.165, 1.54) is 0 Å². The molecule has 6 nitrogen and oxygen atoms in total. The maximum atomic E-state index is 12.3. The molecule has 0 spiro atoms. The summed E-state index contributed by atoms with van der Waals surface area (Å²) in [5, 5.41) is 8.19. The van der Waals surface area contributed by atoms with E-state index in [-0.39, 0.29) is 12.3 Å². The number of methoxy groups -OCH3 is 1. The standard InChI is InChI=1S/C21H21N3O3/c1-3-27-21(25)20-19(13-12-16-10-7-11-18(14-16)26-2)24(23-22-20)15-17-8-5-4-6-9-17/h4-14H,3,15H2,1-2H3/b13-12+. The fourth-order valence-corrected chi connectivity index (χ4v) is 2.62. The molecule has 0 unspecified atom stereocenters. The van der Waals surface area contributed by atoms with Gasteiger partial charge in [-0.1, -0.05) is 53.8 Å². The van der Waals surface area contributed by atoms with Crippen molar-refractivity contribution in [1.82, 2.24) is 15.0 Å². The summed E-state index contributed by atoms with van der Waals surface area (Å²) in [5.41, 5.74) is 2.80. The Kier molecular flexibility index (Phi) is 5.99. The number of hydrogen-bond acceptors (Lipinski definition) is 5. The topological polar surface area (TPSA) is 66.2 Å². The Morgan fingerprint density at radius 1 is 1.11 bits per heavy atom. The summed E-state index contributed by atoms with van der Waals surface area (Å²) in [7, 11) is 1.63. The maximum Gasteiger partial charge on any atom is 0.361 e. The van der Waals surface area contributed by atoms with E-state index in [0.717, 1.165) is 16.9 Å². The van der Waals surface area contributed by atoms with Crippen LogP contribution in [-0.4, -0.2) is 34.7 Å². The van der Waals surface area contributed by atoms with E-state index in [4.69, 9.17) is 9.47 Å². The molecule has 0 atom stereocenters. The second kappa shape index (κ2) is 8.80. The Bertz CT molecular complexity index is 933. The molecule has 3 rings (SSSR count). The van der Waals surface area contributed by atoms with Gasteiger partial charge in [0, 0.05) is 0 Å². The molecule has 1 aromatic heterocycles. The van der Waals surface area contributed by atoms with E-state index in [1.807, 2.05) is 66.7 Å². The van der Waals surface area contributed by atoms with Crippen molar-refractivity contribution in [3.8, 4) is 5.75 Å². The van der Waals surface area contributed by atoms with Crippen molar-refractivity contribution >= 4 is 18.1 Å². The normalized spacial score (nSPS) is 10.9. The van der Waals surface area contributed by atoms with Gasteiger partial charge in [-0.05, 0) is 36.3 Å². The maximum absolute atomic E-state index is 12.3. The highest BCUT2D eigenvalue weighted by Gasteiger charge is 2.19. The van der Waals surface area contributed by atoms with Crippen molar-refractivity contribution in [3.05, 3.63) is 77.1 Å². The summed E-state index contributed by atoms with van der Waals surface area (Å²) < 4.78 is 12.1.